The van der Waals surface area contributed by atoms with Gasteiger partial charge in [-0.2, -0.15) is 15.2 Å². The second-order valence-electron chi connectivity index (χ2n) is 10.9. The summed E-state index contributed by atoms with van der Waals surface area (Å²) >= 11 is 6.57. The number of nitriles is 1. The number of carbonyl (C=O) groups is 1. The minimum atomic E-state index is -0.542. The van der Waals surface area contributed by atoms with Crippen LogP contribution in [-0.4, -0.2) is 82.6 Å². The van der Waals surface area contributed by atoms with Crippen LogP contribution in [0.5, 0.6) is 6.01 Å². The Hall–Kier alpha value is -4.33. The van der Waals surface area contributed by atoms with Gasteiger partial charge < -0.3 is 19.4 Å². The minimum Gasteiger partial charge on any atom is -0.462 e. The number of benzene rings is 2. The van der Waals surface area contributed by atoms with Crippen molar-refractivity contribution < 1.29 is 13.9 Å². The van der Waals surface area contributed by atoms with Gasteiger partial charge in [0.25, 0.3) is 0 Å². The Labute approximate surface area is 254 Å². The van der Waals surface area contributed by atoms with Crippen LogP contribution in [0.4, 0.5) is 10.2 Å². The molecule has 0 spiro atoms. The summed E-state index contributed by atoms with van der Waals surface area (Å²) in [5.74, 6) is -0.328. The summed E-state index contributed by atoms with van der Waals surface area (Å²) < 4.78 is 22.1. The normalized spacial score (nSPS) is 19.1. The number of pyridine rings is 1. The smallest absolute Gasteiger partial charge is 0.320 e. The molecule has 0 saturated carbocycles. The van der Waals surface area contributed by atoms with Crippen molar-refractivity contribution in [3.05, 3.63) is 66.0 Å². The second-order valence-corrected chi connectivity index (χ2v) is 11.4. The van der Waals surface area contributed by atoms with Crippen molar-refractivity contribution in [3.8, 4) is 23.3 Å². The number of carbonyl (C=O) groups excluding carboxylic acids is 1. The van der Waals surface area contributed by atoms with Gasteiger partial charge in [-0.1, -0.05) is 48.5 Å². The van der Waals surface area contributed by atoms with E-state index in [0.717, 1.165) is 24.8 Å². The quantitative estimate of drug-likeness (QED) is 0.267. The fourth-order valence-electron chi connectivity index (χ4n) is 6.08. The summed E-state index contributed by atoms with van der Waals surface area (Å²) in [6.45, 7) is 6.11. The van der Waals surface area contributed by atoms with E-state index in [1.165, 1.54) is 12.1 Å². The lowest BCUT2D eigenvalue weighted by molar-refractivity contribution is -0.128. The molecule has 2 saturated heterocycles. The number of anilines is 1. The summed E-state index contributed by atoms with van der Waals surface area (Å²) in [6.07, 6.45) is 3.50. The number of fused-ring (bicyclic) bond motifs is 2. The van der Waals surface area contributed by atoms with Crippen LogP contribution < -0.4 is 9.64 Å². The third kappa shape index (κ3) is 5.58. The second kappa shape index (κ2) is 12.1. The summed E-state index contributed by atoms with van der Waals surface area (Å²) in [7, 11) is 2.07. The molecule has 2 aliphatic heterocycles. The Bertz CT molecular complexity index is 1750. The number of likely N-dealkylation sites (tertiary alicyclic amines) is 1. The van der Waals surface area contributed by atoms with Gasteiger partial charge in [0.2, 0.25) is 5.91 Å². The van der Waals surface area contributed by atoms with Crippen LogP contribution in [0.25, 0.3) is 33.1 Å². The first kappa shape index (κ1) is 28.8. The molecule has 0 aliphatic carbocycles. The lowest BCUT2D eigenvalue weighted by Gasteiger charge is -2.41. The average Bonchev–Trinajstić information content (AvgIpc) is 3.43. The van der Waals surface area contributed by atoms with Crippen LogP contribution in [0.2, 0.25) is 5.02 Å². The third-order valence-corrected chi connectivity index (χ3v) is 8.67. The van der Waals surface area contributed by atoms with Gasteiger partial charge in [-0.15, -0.1) is 0 Å². The maximum atomic E-state index is 16.0. The molecule has 2 aromatic carbocycles. The molecule has 2 atom stereocenters. The molecule has 1 amide bonds. The molecule has 9 nitrogen and oxygen atoms in total. The third-order valence-electron chi connectivity index (χ3n) is 8.35. The Morgan fingerprint density at radius 3 is 2.74 bits per heavy atom. The number of ether oxygens (including phenoxy) is 1. The van der Waals surface area contributed by atoms with Crippen molar-refractivity contribution >= 4 is 45.1 Å². The first-order valence-corrected chi connectivity index (χ1v) is 14.7. The van der Waals surface area contributed by atoms with Crippen LogP contribution in [0, 0.1) is 17.1 Å². The standard InChI is InChI=1S/C32H31ClFN7O2/c1-3-27(42)41-16-15-40(18-21(41)12-13-35)31-24-17-26(34)29(23-10-4-7-20-8-5-11-25(33)28(20)23)36-30(24)37-32(38-31)43-19-22-9-6-14-39(22)2/h3-5,7-8,10-11,17,21-22H,1,6,9,12,14-16,18-19H2,2H3/t21-,22-/m0/s1. The predicted octanol–water partition coefficient (Wildman–Crippen LogP) is 5.23. The molecule has 4 heterocycles. The number of amides is 1. The zero-order valence-corrected chi connectivity index (χ0v) is 24.6. The SMILES string of the molecule is C=CC(=O)N1CCN(c2nc(OC[C@@H]3CCCN3C)nc3nc(-c4cccc5cccc(Cl)c45)c(F)cc23)C[C@@H]1CC#N. The van der Waals surface area contributed by atoms with E-state index >= 15 is 4.39 Å². The van der Waals surface area contributed by atoms with Crippen LogP contribution >= 0.6 is 11.6 Å². The molecule has 6 rings (SSSR count). The van der Waals surface area contributed by atoms with E-state index in [4.69, 9.17) is 26.3 Å². The van der Waals surface area contributed by atoms with Gasteiger partial charge in [0.15, 0.2) is 5.65 Å². The molecule has 0 bridgehead atoms. The summed E-state index contributed by atoms with van der Waals surface area (Å²) in [4.78, 5) is 32.4. The number of piperazine rings is 1. The molecule has 4 aromatic rings. The van der Waals surface area contributed by atoms with Crippen molar-refractivity contribution in [2.75, 3.05) is 44.7 Å². The van der Waals surface area contributed by atoms with Crippen LogP contribution in [0.15, 0.2) is 55.1 Å². The van der Waals surface area contributed by atoms with Gasteiger partial charge in [0.05, 0.1) is 23.9 Å². The molecule has 43 heavy (non-hydrogen) atoms. The minimum absolute atomic E-state index is 0.126. The predicted molar refractivity (Wildman–Crippen MR) is 165 cm³/mol. The number of halogens is 2. The number of likely N-dealkylation sites (N-methyl/N-ethyl adjacent to an activating group) is 1. The highest BCUT2D eigenvalue weighted by Gasteiger charge is 2.32. The highest BCUT2D eigenvalue weighted by Crippen LogP contribution is 2.37. The van der Waals surface area contributed by atoms with Crippen LogP contribution in [0.1, 0.15) is 19.3 Å². The maximum absolute atomic E-state index is 16.0. The molecule has 2 fully saturated rings. The fraction of sp³-hybridized carbons (Fsp3) is 0.344. The molecule has 2 aliphatic rings. The van der Waals surface area contributed by atoms with E-state index < -0.39 is 5.82 Å². The van der Waals surface area contributed by atoms with Gasteiger partial charge in [0.1, 0.15) is 23.9 Å². The zero-order chi connectivity index (χ0) is 30.1. The Morgan fingerprint density at radius 2 is 2.00 bits per heavy atom. The zero-order valence-electron chi connectivity index (χ0n) is 23.8. The summed E-state index contributed by atoms with van der Waals surface area (Å²) in [6, 6.07) is 14.7. The number of nitrogens with zero attached hydrogens (tertiary/aromatic N) is 7. The van der Waals surface area contributed by atoms with E-state index in [1.54, 1.807) is 17.0 Å². The Kier molecular flexibility index (Phi) is 8.10. The van der Waals surface area contributed by atoms with Gasteiger partial charge in [-0.05, 0) is 50.0 Å². The Morgan fingerprint density at radius 1 is 1.19 bits per heavy atom. The number of hydrogen-bond donors (Lipinski definition) is 0. The van der Waals surface area contributed by atoms with Crippen LogP contribution in [0.3, 0.4) is 0 Å². The van der Waals surface area contributed by atoms with Gasteiger partial charge >= 0.3 is 6.01 Å². The average molecular weight is 600 g/mol. The van der Waals surface area contributed by atoms with Gasteiger partial charge in [-0.25, -0.2) is 9.37 Å². The Balaban J connectivity index is 1.45. The number of hydrogen-bond acceptors (Lipinski definition) is 8. The van der Waals surface area contributed by atoms with Crippen molar-refractivity contribution in [2.45, 2.75) is 31.3 Å². The molecule has 2 aromatic heterocycles. The lowest BCUT2D eigenvalue weighted by atomic mass is 10.0. The number of rotatable bonds is 7. The van der Waals surface area contributed by atoms with Crippen molar-refractivity contribution in [1.82, 2.24) is 24.8 Å². The van der Waals surface area contributed by atoms with E-state index in [1.807, 2.05) is 29.2 Å². The molecule has 220 valence electrons. The maximum Gasteiger partial charge on any atom is 0.320 e. The summed E-state index contributed by atoms with van der Waals surface area (Å²) in [5, 5.41) is 12.0. The van der Waals surface area contributed by atoms with E-state index in [0.29, 0.717) is 53.4 Å². The lowest BCUT2D eigenvalue weighted by Crippen LogP contribution is -2.55. The first-order valence-electron chi connectivity index (χ1n) is 14.3. The van der Waals surface area contributed by atoms with E-state index in [2.05, 4.69) is 29.6 Å². The summed E-state index contributed by atoms with van der Waals surface area (Å²) in [5.41, 5.74) is 0.964. The topological polar surface area (TPSA) is 98.5 Å². The van der Waals surface area contributed by atoms with Gasteiger partial charge in [-0.3, -0.25) is 4.79 Å². The molecule has 11 heteroatoms. The molecular formula is C32H31ClFN7O2. The highest BCUT2D eigenvalue weighted by atomic mass is 35.5. The fourth-order valence-corrected chi connectivity index (χ4v) is 6.36. The molecular weight excluding hydrogens is 569 g/mol. The van der Waals surface area contributed by atoms with E-state index in [-0.39, 0.29) is 41.8 Å². The molecule has 0 unspecified atom stereocenters. The van der Waals surface area contributed by atoms with Gasteiger partial charge in [0, 0.05) is 41.6 Å². The molecule has 0 N–H and O–H groups in total. The first-order chi connectivity index (χ1) is 20.9. The van der Waals surface area contributed by atoms with Crippen molar-refractivity contribution in [3.63, 3.8) is 0 Å². The number of aromatic nitrogens is 3. The largest absolute Gasteiger partial charge is 0.462 e. The monoisotopic (exact) mass is 599 g/mol. The highest BCUT2D eigenvalue weighted by molar-refractivity contribution is 6.36. The molecule has 0 radical (unpaired) electrons. The van der Waals surface area contributed by atoms with E-state index in [9.17, 15) is 10.1 Å². The van der Waals surface area contributed by atoms with Crippen molar-refractivity contribution in [1.29, 1.82) is 5.26 Å². The van der Waals surface area contributed by atoms with Crippen molar-refractivity contribution in [2.24, 2.45) is 0 Å². The van der Waals surface area contributed by atoms with Crippen LogP contribution in [-0.2, 0) is 4.79 Å².